The Morgan fingerprint density at radius 3 is 2.58 bits per heavy atom. The monoisotopic (exact) mass is 175 g/mol. The number of pyridine rings is 1. The van der Waals surface area contributed by atoms with Gasteiger partial charge in [0.15, 0.2) is 0 Å². The Labute approximate surface area is 66.7 Å². The molecule has 0 aromatic carbocycles. The lowest BCUT2D eigenvalue weighted by atomic mass is 10.1. The number of aromatic nitrogens is 1. The third-order valence-corrected chi connectivity index (χ3v) is 1.58. The van der Waals surface area contributed by atoms with Gasteiger partial charge in [-0.1, -0.05) is 0 Å². The number of nitrogens with one attached hydrogen (secondary N) is 1. The van der Waals surface area contributed by atoms with Crippen molar-refractivity contribution in [1.29, 1.82) is 0 Å². The van der Waals surface area contributed by atoms with Gasteiger partial charge in [0.25, 0.3) is 12.0 Å². The number of H-pyrrole nitrogens is 1. The second-order valence-electron chi connectivity index (χ2n) is 2.34. The third kappa shape index (κ3) is 1.30. The summed E-state index contributed by atoms with van der Waals surface area (Å²) in [4.78, 5) is 12.9. The Kier molecular flexibility index (Phi) is 2.12. The van der Waals surface area contributed by atoms with Crippen LogP contribution in [0.15, 0.2) is 11.0 Å². The predicted octanol–water partition coefficient (Wildman–Crippen LogP) is 1.33. The lowest BCUT2D eigenvalue weighted by molar-refractivity contribution is 0.146. The van der Waals surface area contributed by atoms with Crippen LogP contribution in [-0.4, -0.2) is 10.1 Å². The first-order valence-corrected chi connectivity index (χ1v) is 3.23. The molecule has 1 heterocycles. The molecule has 0 amide bonds. The number of hydrogen-bond donors (Lipinski definition) is 2. The van der Waals surface area contributed by atoms with Crippen LogP contribution in [0, 0.1) is 6.92 Å². The van der Waals surface area contributed by atoms with Gasteiger partial charge in [-0.2, -0.15) is 0 Å². The van der Waals surface area contributed by atoms with Gasteiger partial charge in [0, 0.05) is 11.8 Å². The van der Waals surface area contributed by atoms with Crippen LogP contribution in [-0.2, 0) is 0 Å². The van der Waals surface area contributed by atoms with Crippen molar-refractivity contribution in [2.24, 2.45) is 0 Å². The van der Waals surface area contributed by atoms with E-state index in [-0.39, 0.29) is 5.56 Å². The number of hydrogen-bond acceptors (Lipinski definition) is 2. The van der Waals surface area contributed by atoms with E-state index in [9.17, 15) is 13.6 Å². The number of rotatable bonds is 1. The van der Waals surface area contributed by atoms with Crippen LogP contribution in [0.2, 0.25) is 0 Å². The maximum atomic E-state index is 12.2. The lowest BCUT2D eigenvalue weighted by Crippen LogP contribution is -2.11. The quantitative estimate of drug-likeness (QED) is 0.676. The van der Waals surface area contributed by atoms with E-state index >= 15 is 0 Å². The fourth-order valence-corrected chi connectivity index (χ4v) is 0.910. The molecule has 0 aliphatic heterocycles. The van der Waals surface area contributed by atoms with Crippen molar-refractivity contribution >= 4 is 0 Å². The van der Waals surface area contributed by atoms with Crippen LogP contribution in [0.3, 0.4) is 0 Å². The van der Waals surface area contributed by atoms with E-state index in [0.29, 0.717) is 0 Å². The average Bonchev–Trinajstić information content (AvgIpc) is 1.97. The predicted molar refractivity (Wildman–Crippen MR) is 38.4 cm³/mol. The standard InChI is InChI=1S/C7H7F2NO2/c1-3-5(6(8)9)4(11)2-10-7(3)12/h2,6,11H,1H3,(H,10,12). The fourth-order valence-electron chi connectivity index (χ4n) is 0.910. The second kappa shape index (κ2) is 2.92. The first kappa shape index (κ1) is 8.70. The van der Waals surface area contributed by atoms with E-state index in [4.69, 9.17) is 5.11 Å². The Morgan fingerprint density at radius 2 is 2.17 bits per heavy atom. The van der Waals surface area contributed by atoms with Gasteiger partial charge in [-0.25, -0.2) is 8.78 Å². The molecule has 0 saturated heterocycles. The second-order valence-corrected chi connectivity index (χ2v) is 2.34. The molecule has 1 rings (SSSR count). The maximum absolute atomic E-state index is 12.2. The van der Waals surface area contributed by atoms with Crippen molar-refractivity contribution in [3.63, 3.8) is 0 Å². The van der Waals surface area contributed by atoms with Crippen LogP contribution < -0.4 is 5.56 Å². The van der Waals surface area contributed by atoms with Gasteiger partial charge in [-0.05, 0) is 6.92 Å². The normalized spacial score (nSPS) is 10.7. The van der Waals surface area contributed by atoms with Gasteiger partial charge in [0.1, 0.15) is 5.75 Å². The van der Waals surface area contributed by atoms with E-state index in [1.54, 1.807) is 0 Å². The zero-order valence-corrected chi connectivity index (χ0v) is 6.27. The Bertz CT molecular complexity index is 346. The third-order valence-electron chi connectivity index (χ3n) is 1.58. The van der Waals surface area contributed by atoms with Crippen molar-refractivity contribution < 1.29 is 13.9 Å². The SMILES string of the molecule is Cc1c(C(F)F)c(O)c[nH]c1=O. The molecule has 0 saturated carbocycles. The molecule has 5 heteroatoms. The molecule has 0 bridgehead atoms. The zero-order chi connectivity index (χ0) is 9.30. The zero-order valence-electron chi connectivity index (χ0n) is 6.27. The molecule has 0 unspecified atom stereocenters. The van der Waals surface area contributed by atoms with Crippen molar-refractivity contribution in [1.82, 2.24) is 4.98 Å². The minimum Gasteiger partial charge on any atom is -0.506 e. The minimum atomic E-state index is -2.83. The summed E-state index contributed by atoms with van der Waals surface area (Å²) in [6.45, 7) is 1.24. The maximum Gasteiger partial charge on any atom is 0.267 e. The lowest BCUT2D eigenvalue weighted by Gasteiger charge is -2.04. The summed E-state index contributed by atoms with van der Waals surface area (Å²) in [5.74, 6) is -0.581. The molecule has 0 atom stereocenters. The highest BCUT2D eigenvalue weighted by atomic mass is 19.3. The van der Waals surface area contributed by atoms with Gasteiger partial charge >= 0.3 is 0 Å². The number of halogens is 2. The molecule has 1 aromatic rings. The largest absolute Gasteiger partial charge is 0.506 e. The topological polar surface area (TPSA) is 53.1 Å². The van der Waals surface area contributed by atoms with Gasteiger partial charge in [-0.15, -0.1) is 0 Å². The fraction of sp³-hybridized carbons (Fsp3) is 0.286. The van der Waals surface area contributed by atoms with Gasteiger partial charge in [0.05, 0.1) is 5.56 Å². The Morgan fingerprint density at radius 1 is 1.58 bits per heavy atom. The summed E-state index contributed by atoms with van der Waals surface area (Å²) in [5.41, 5.74) is -1.35. The van der Waals surface area contributed by atoms with Crippen molar-refractivity contribution in [3.8, 4) is 5.75 Å². The summed E-state index contributed by atoms with van der Waals surface area (Å²) >= 11 is 0. The molecule has 12 heavy (non-hydrogen) atoms. The highest BCUT2D eigenvalue weighted by Crippen LogP contribution is 2.27. The van der Waals surface area contributed by atoms with Crippen molar-refractivity contribution in [2.75, 3.05) is 0 Å². The number of alkyl halides is 2. The average molecular weight is 175 g/mol. The molecule has 0 aliphatic rings. The molecular weight excluding hydrogens is 168 g/mol. The summed E-state index contributed by atoms with van der Waals surface area (Å²) in [6, 6.07) is 0. The van der Waals surface area contributed by atoms with E-state index < -0.39 is 23.3 Å². The molecule has 0 aliphatic carbocycles. The molecule has 0 radical (unpaired) electrons. The summed E-state index contributed by atoms with van der Waals surface area (Å²) in [7, 11) is 0. The number of aromatic hydroxyl groups is 1. The van der Waals surface area contributed by atoms with Crippen LogP contribution in [0.4, 0.5) is 8.78 Å². The first-order chi connectivity index (χ1) is 5.54. The molecule has 2 N–H and O–H groups in total. The highest BCUT2D eigenvalue weighted by molar-refractivity contribution is 5.35. The summed E-state index contributed by atoms with van der Waals surface area (Å²) < 4.78 is 24.3. The Hall–Kier alpha value is -1.39. The molecule has 3 nitrogen and oxygen atoms in total. The van der Waals surface area contributed by atoms with Crippen LogP contribution in [0.5, 0.6) is 5.75 Å². The Balaban J connectivity index is 3.43. The van der Waals surface area contributed by atoms with E-state index in [1.165, 1.54) is 6.92 Å². The van der Waals surface area contributed by atoms with E-state index in [0.717, 1.165) is 6.20 Å². The van der Waals surface area contributed by atoms with Gasteiger partial charge < -0.3 is 10.1 Å². The van der Waals surface area contributed by atoms with Crippen molar-refractivity contribution in [3.05, 3.63) is 27.7 Å². The molecule has 0 fully saturated rings. The molecule has 1 aromatic heterocycles. The van der Waals surface area contributed by atoms with Gasteiger partial charge in [0.2, 0.25) is 0 Å². The molecule has 66 valence electrons. The number of aromatic amines is 1. The van der Waals surface area contributed by atoms with Crippen molar-refractivity contribution in [2.45, 2.75) is 13.3 Å². The molecular formula is C7H7F2NO2. The van der Waals surface area contributed by atoms with Crippen LogP contribution >= 0.6 is 0 Å². The van der Waals surface area contributed by atoms with E-state index in [2.05, 4.69) is 4.98 Å². The summed E-state index contributed by atoms with van der Waals surface area (Å²) in [5, 5.41) is 8.94. The van der Waals surface area contributed by atoms with Crippen LogP contribution in [0.25, 0.3) is 0 Å². The first-order valence-electron chi connectivity index (χ1n) is 3.23. The minimum absolute atomic E-state index is 0.148. The molecule has 0 spiro atoms. The smallest absolute Gasteiger partial charge is 0.267 e. The highest BCUT2D eigenvalue weighted by Gasteiger charge is 2.17. The summed E-state index contributed by atoms with van der Waals surface area (Å²) in [6.07, 6.45) is -1.97. The van der Waals surface area contributed by atoms with E-state index in [1.807, 2.05) is 0 Å². The van der Waals surface area contributed by atoms with Gasteiger partial charge in [-0.3, -0.25) is 4.79 Å². The van der Waals surface area contributed by atoms with Crippen LogP contribution in [0.1, 0.15) is 17.6 Å².